The minimum Gasteiger partial charge on any atom is -0.457 e. The Labute approximate surface area is 157 Å². The van der Waals surface area contributed by atoms with Gasteiger partial charge in [0.25, 0.3) is 0 Å². The highest BCUT2D eigenvalue weighted by molar-refractivity contribution is 6.89. The third-order valence-corrected chi connectivity index (χ3v) is 7.21. The lowest BCUT2D eigenvalue weighted by molar-refractivity contribution is 0.160. The second kappa shape index (κ2) is 8.34. The summed E-state index contributed by atoms with van der Waals surface area (Å²) in [6.07, 6.45) is 0.806. The Hall–Kier alpha value is -2.36. The zero-order valence-electron chi connectivity index (χ0n) is 15.7. The number of hydrogen-bond donors (Lipinski definition) is 0. The van der Waals surface area contributed by atoms with Crippen LogP contribution in [0.4, 0.5) is 0 Å². The first-order chi connectivity index (χ1) is 12.5. The van der Waals surface area contributed by atoms with Crippen molar-refractivity contribution in [1.82, 2.24) is 0 Å². The Morgan fingerprint density at radius 1 is 0.769 bits per heavy atom. The number of hydrogen-bond acceptors (Lipinski definition) is 2. The Morgan fingerprint density at radius 2 is 1.50 bits per heavy atom. The monoisotopic (exact) mass is 362 g/mol. The van der Waals surface area contributed by atoms with Gasteiger partial charge in [-0.2, -0.15) is 0 Å². The van der Waals surface area contributed by atoms with Gasteiger partial charge in [-0.1, -0.05) is 78.4 Å². The van der Waals surface area contributed by atoms with Crippen molar-refractivity contribution < 1.29 is 9.47 Å². The van der Waals surface area contributed by atoms with Gasteiger partial charge < -0.3 is 9.47 Å². The van der Waals surface area contributed by atoms with Crippen molar-refractivity contribution in [2.24, 2.45) is 0 Å². The Kier molecular flexibility index (Phi) is 5.91. The first-order valence-electron chi connectivity index (χ1n) is 9.00. The summed E-state index contributed by atoms with van der Waals surface area (Å²) in [6, 6.07) is 26.8. The van der Waals surface area contributed by atoms with E-state index in [1.165, 1.54) is 10.8 Å². The molecule has 0 saturated heterocycles. The molecule has 0 unspecified atom stereocenters. The topological polar surface area (TPSA) is 18.5 Å². The van der Waals surface area contributed by atoms with Crippen LogP contribution in [-0.2, 0) is 11.3 Å². The Morgan fingerprint density at radius 3 is 2.27 bits per heavy atom. The molecule has 3 heteroatoms. The van der Waals surface area contributed by atoms with E-state index >= 15 is 0 Å². The summed E-state index contributed by atoms with van der Waals surface area (Å²) < 4.78 is 12.0. The molecule has 3 aromatic rings. The maximum atomic E-state index is 6.09. The average molecular weight is 363 g/mol. The van der Waals surface area contributed by atoms with Crippen LogP contribution >= 0.6 is 0 Å². The zero-order chi connectivity index (χ0) is 18.4. The quantitative estimate of drug-likeness (QED) is 0.520. The van der Waals surface area contributed by atoms with E-state index in [2.05, 4.69) is 50.3 Å². The summed E-state index contributed by atoms with van der Waals surface area (Å²) >= 11 is 0. The molecule has 0 N–H and O–H groups in total. The minimum atomic E-state index is -1.59. The summed E-state index contributed by atoms with van der Waals surface area (Å²) in [7, 11) is -1.59. The molecule has 0 aliphatic heterocycles. The van der Waals surface area contributed by atoms with E-state index in [-0.39, 0.29) is 0 Å². The Balaban J connectivity index is 1.59. The lowest BCUT2D eigenvalue weighted by Crippen LogP contribution is -2.46. The smallest absolute Gasteiger partial charge is 0.127 e. The molecule has 0 heterocycles. The zero-order valence-corrected chi connectivity index (χ0v) is 16.7. The molecule has 0 bridgehead atoms. The molecule has 0 radical (unpaired) electrons. The lowest BCUT2D eigenvalue weighted by Gasteiger charge is -2.23. The standard InChI is InChI=1S/C23H26O2Si/c1-19-9-7-14-23(15-19)26(2,3)18-24-17-20-10-8-13-22(16-20)25-21-11-5-4-6-12-21/h4-16H,17-18H2,1-3H3. The number of para-hydroxylation sites is 1. The van der Waals surface area contributed by atoms with Crippen LogP contribution in [0.25, 0.3) is 0 Å². The van der Waals surface area contributed by atoms with Crippen LogP contribution in [0.1, 0.15) is 11.1 Å². The molecule has 0 spiro atoms. The number of rotatable bonds is 7. The van der Waals surface area contributed by atoms with Gasteiger partial charge in [-0.3, -0.25) is 0 Å². The molecule has 26 heavy (non-hydrogen) atoms. The molecule has 2 nitrogen and oxygen atoms in total. The molecule has 0 aromatic heterocycles. The summed E-state index contributed by atoms with van der Waals surface area (Å²) in [5, 5.41) is 1.44. The van der Waals surface area contributed by atoms with E-state index < -0.39 is 8.07 Å². The molecule has 0 fully saturated rings. The van der Waals surface area contributed by atoms with Crippen LogP contribution in [0, 0.1) is 6.92 Å². The molecule has 3 rings (SSSR count). The summed E-state index contributed by atoms with van der Waals surface area (Å²) in [6.45, 7) is 7.47. The van der Waals surface area contributed by atoms with E-state index in [9.17, 15) is 0 Å². The second-order valence-electron chi connectivity index (χ2n) is 7.31. The van der Waals surface area contributed by atoms with Gasteiger partial charge >= 0.3 is 0 Å². The van der Waals surface area contributed by atoms with E-state index in [0.29, 0.717) is 6.61 Å². The fourth-order valence-electron chi connectivity index (χ4n) is 2.90. The normalized spacial score (nSPS) is 11.3. The van der Waals surface area contributed by atoms with Crippen molar-refractivity contribution >= 4 is 13.3 Å². The van der Waals surface area contributed by atoms with Crippen molar-refractivity contribution in [3.05, 3.63) is 90.0 Å². The van der Waals surface area contributed by atoms with E-state index in [1.54, 1.807) is 0 Å². The largest absolute Gasteiger partial charge is 0.457 e. The van der Waals surface area contributed by atoms with Crippen LogP contribution in [-0.4, -0.2) is 14.3 Å². The van der Waals surface area contributed by atoms with Gasteiger partial charge in [-0.25, -0.2) is 0 Å². The van der Waals surface area contributed by atoms with Gasteiger partial charge in [-0.05, 0) is 36.8 Å². The van der Waals surface area contributed by atoms with Gasteiger partial charge in [-0.15, -0.1) is 0 Å². The molecule has 0 aliphatic carbocycles. The van der Waals surface area contributed by atoms with Crippen molar-refractivity contribution in [2.45, 2.75) is 26.6 Å². The summed E-state index contributed by atoms with van der Waals surface area (Å²) in [5.41, 5.74) is 2.45. The predicted octanol–water partition coefficient (Wildman–Crippen LogP) is 5.46. The predicted molar refractivity (Wildman–Crippen MR) is 111 cm³/mol. The van der Waals surface area contributed by atoms with Gasteiger partial charge in [0.2, 0.25) is 0 Å². The first-order valence-corrected chi connectivity index (χ1v) is 12.2. The van der Waals surface area contributed by atoms with Crippen LogP contribution in [0.5, 0.6) is 11.5 Å². The van der Waals surface area contributed by atoms with Crippen molar-refractivity contribution in [1.29, 1.82) is 0 Å². The number of aryl methyl sites for hydroxylation is 1. The highest BCUT2D eigenvalue weighted by Gasteiger charge is 2.23. The Bertz CT molecular complexity index is 844. The molecule has 0 aliphatic rings. The molecule has 0 atom stereocenters. The van der Waals surface area contributed by atoms with E-state index in [0.717, 1.165) is 23.3 Å². The van der Waals surface area contributed by atoms with Gasteiger partial charge in [0, 0.05) is 6.23 Å². The second-order valence-corrected chi connectivity index (χ2v) is 11.9. The van der Waals surface area contributed by atoms with Crippen LogP contribution in [0.3, 0.4) is 0 Å². The third-order valence-electron chi connectivity index (χ3n) is 4.41. The minimum absolute atomic E-state index is 0.605. The van der Waals surface area contributed by atoms with Crippen LogP contribution in [0.2, 0.25) is 13.1 Å². The van der Waals surface area contributed by atoms with Crippen LogP contribution < -0.4 is 9.92 Å². The van der Waals surface area contributed by atoms with Crippen molar-refractivity contribution in [3.63, 3.8) is 0 Å². The molecule has 134 valence electrons. The van der Waals surface area contributed by atoms with Crippen molar-refractivity contribution in [2.75, 3.05) is 6.23 Å². The molecular weight excluding hydrogens is 336 g/mol. The lowest BCUT2D eigenvalue weighted by atomic mass is 10.2. The highest BCUT2D eigenvalue weighted by atomic mass is 28.3. The molecule has 3 aromatic carbocycles. The maximum Gasteiger partial charge on any atom is 0.127 e. The fourth-order valence-corrected chi connectivity index (χ4v) is 4.84. The van der Waals surface area contributed by atoms with E-state index in [4.69, 9.17) is 9.47 Å². The van der Waals surface area contributed by atoms with E-state index in [1.807, 2.05) is 48.5 Å². The molecule has 0 saturated carbocycles. The van der Waals surface area contributed by atoms with Gasteiger partial charge in [0.15, 0.2) is 0 Å². The third kappa shape index (κ3) is 5.07. The molecule has 0 amide bonds. The summed E-state index contributed by atoms with van der Waals surface area (Å²) in [5.74, 6) is 1.69. The SMILES string of the molecule is Cc1cccc([Si](C)(C)COCc2cccc(Oc3ccccc3)c2)c1. The molecular formula is C23H26O2Si. The average Bonchev–Trinajstić information content (AvgIpc) is 2.63. The number of benzene rings is 3. The summed E-state index contributed by atoms with van der Waals surface area (Å²) in [4.78, 5) is 0. The first kappa shape index (κ1) is 18.4. The fraction of sp³-hybridized carbons (Fsp3) is 0.217. The van der Waals surface area contributed by atoms with Gasteiger partial charge in [0.05, 0.1) is 6.61 Å². The van der Waals surface area contributed by atoms with Gasteiger partial charge in [0.1, 0.15) is 19.6 Å². The van der Waals surface area contributed by atoms with Crippen molar-refractivity contribution in [3.8, 4) is 11.5 Å². The van der Waals surface area contributed by atoms with Crippen LogP contribution in [0.15, 0.2) is 78.9 Å². The maximum absolute atomic E-state index is 6.09. The number of ether oxygens (including phenoxy) is 2. The highest BCUT2D eigenvalue weighted by Crippen LogP contribution is 2.22.